The van der Waals surface area contributed by atoms with Gasteiger partial charge >= 0.3 is 0 Å². The van der Waals surface area contributed by atoms with Crippen LogP contribution in [-0.4, -0.2) is 53.5 Å². The Morgan fingerprint density at radius 3 is 2.53 bits per heavy atom. The van der Waals surface area contributed by atoms with Gasteiger partial charge in [0.2, 0.25) is 0 Å². The summed E-state index contributed by atoms with van der Waals surface area (Å²) in [6.45, 7) is 4.99. The summed E-state index contributed by atoms with van der Waals surface area (Å²) in [5.74, 6) is 0. The Hall–Kier alpha value is -0.200. The maximum Gasteiger partial charge on any atom is 0.155 e. The van der Waals surface area contributed by atoms with E-state index in [-0.39, 0.29) is 12.7 Å². The highest BCUT2D eigenvalue weighted by atomic mass is 16.6. The fraction of sp³-hybridized carbons (Fsp3) is 1.00. The fourth-order valence-electron chi connectivity index (χ4n) is 1.37. The minimum absolute atomic E-state index is 0.0609. The Bertz CT molecular complexity index is 145. The molecular weight excluding hydrogens is 198 g/mol. The van der Waals surface area contributed by atoms with E-state index >= 15 is 0 Å². The Balaban J connectivity index is 0.000000921. The molecule has 1 fully saturated rings. The van der Waals surface area contributed by atoms with Gasteiger partial charge in [0, 0.05) is 19.5 Å². The zero-order chi connectivity index (χ0) is 11.7. The van der Waals surface area contributed by atoms with Crippen LogP contribution in [0.15, 0.2) is 0 Å². The van der Waals surface area contributed by atoms with Crippen LogP contribution in [0.5, 0.6) is 0 Å². The topological polar surface area (TPSA) is 82.0 Å². The molecule has 4 N–H and O–H groups in total. The molecule has 0 radical (unpaired) electrons. The predicted molar refractivity (Wildman–Crippen MR) is 57.4 cm³/mol. The fourth-order valence-corrected chi connectivity index (χ4v) is 1.37. The zero-order valence-corrected chi connectivity index (χ0v) is 9.52. The van der Waals surface area contributed by atoms with E-state index in [0.29, 0.717) is 25.9 Å². The van der Waals surface area contributed by atoms with Gasteiger partial charge in [0.1, 0.15) is 0 Å². The first-order chi connectivity index (χ1) is 7.24. The normalized spacial score (nSPS) is 30.6. The van der Waals surface area contributed by atoms with E-state index in [1.165, 1.54) is 0 Å². The van der Waals surface area contributed by atoms with Crippen LogP contribution in [0.3, 0.4) is 0 Å². The molecule has 0 spiro atoms. The van der Waals surface area contributed by atoms with Crippen molar-refractivity contribution < 1.29 is 20.1 Å². The second-order valence-electron chi connectivity index (χ2n) is 3.20. The van der Waals surface area contributed by atoms with Crippen LogP contribution in [0.1, 0.15) is 26.7 Å². The molecule has 0 aliphatic carbocycles. The third kappa shape index (κ3) is 6.06. The smallest absolute Gasteiger partial charge is 0.155 e. The third-order valence-electron chi connectivity index (χ3n) is 2.10. The standard InChI is InChI=1S/C8H17NO4.C2H6/c10-4-3-9-5-7-6(11)1-2-8(12)13-7;1-2/h6-12H,1-5H2;1-2H3/t6-,7?,8-;/m0./s1. The van der Waals surface area contributed by atoms with Gasteiger partial charge in [-0.1, -0.05) is 13.8 Å². The van der Waals surface area contributed by atoms with Crippen LogP contribution in [-0.2, 0) is 4.74 Å². The van der Waals surface area contributed by atoms with Gasteiger partial charge in [-0.15, -0.1) is 0 Å². The molecule has 3 atom stereocenters. The molecular formula is C10H23NO4. The van der Waals surface area contributed by atoms with Crippen molar-refractivity contribution in [1.29, 1.82) is 0 Å². The number of hydrogen-bond donors (Lipinski definition) is 4. The lowest BCUT2D eigenvalue weighted by atomic mass is 10.0. The van der Waals surface area contributed by atoms with Crippen molar-refractivity contribution in [3.63, 3.8) is 0 Å². The van der Waals surface area contributed by atoms with Crippen molar-refractivity contribution in [1.82, 2.24) is 5.32 Å². The molecule has 1 saturated heterocycles. The first-order valence-electron chi connectivity index (χ1n) is 5.57. The summed E-state index contributed by atoms with van der Waals surface area (Å²) >= 11 is 0. The average molecular weight is 221 g/mol. The van der Waals surface area contributed by atoms with Crippen LogP contribution >= 0.6 is 0 Å². The summed E-state index contributed by atoms with van der Waals surface area (Å²) in [4.78, 5) is 0. The van der Waals surface area contributed by atoms with Gasteiger partial charge in [-0.05, 0) is 6.42 Å². The molecule has 0 saturated carbocycles. The minimum atomic E-state index is -0.760. The summed E-state index contributed by atoms with van der Waals surface area (Å²) in [6, 6.07) is 0. The first-order valence-corrected chi connectivity index (χ1v) is 5.57. The van der Waals surface area contributed by atoms with Gasteiger partial charge in [0.15, 0.2) is 6.29 Å². The molecule has 5 heteroatoms. The lowest BCUT2D eigenvalue weighted by Gasteiger charge is -2.31. The lowest BCUT2D eigenvalue weighted by Crippen LogP contribution is -2.45. The SMILES string of the molecule is CC.OCCNCC1O[C@H](O)CC[C@@H]1O. The number of rotatable bonds is 4. The second kappa shape index (κ2) is 9.06. The van der Waals surface area contributed by atoms with E-state index < -0.39 is 12.4 Å². The van der Waals surface area contributed by atoms with E-state index in [0.717, 1.165) is 0 Å². The van der Waals surface area contributed by atoms with Crippen molar-refractivity contribution in [2.75, 3.05) is 19.7 Å². The van der Waals surface area contributed by atoms with E-state index in [1.54, 1.807) is 0 Å². The van der Waals surface area contributed by atoms with Crippen molar-refractivity contribution in [3.05, 3.63) is 0 Å². The Morgan fingerprint density at radius 1 is 1.27 bits per heavy atom. The van der Waals surface area contributed by atoms with Crippen LogP contribution in [0, 0.1) is 0 Å². The molecule has 0 amide bonds. The van der Waals surface area contributed by atoms with E-state index in [2.05, 4.69) is 5.32 Å². The zero-order valence-electron chi connectivity index (χ0n) is 9.52. The molecule has 1 heterocycles. The van der Waals surface area contributed by atoms with Gasteiger partial charge in [-0.25, -0.2) is 0 Å². The highest BCUT2D eigenvalue weighted by Crippen LogP contribution is 2.17. The third-order valence-corrected chi connectivity index (χ3v) is 2.10. The van der Waals surface area contributed by atoms with Crippen molar-refractivity contribution in [2.45, 2.75) is 45.2 Å². The van der Waals surface area contributed by atoms with Crippen molar-refractivity contribution in [3.8, 4) is 0 Å². The average Bonchev–Trinajstić information content (AvgIpc) is 2.26. The number of aliphatic hydroxyl groups is 3. The minimum Gasteiger partial charge on any atom is -0.395 e. The molecule has 5 nitrogen and oxygen atoms in total. The highest BCUT2D eigenvalue weighted by molar-refractivity contribution is 4.76. The van der Waals surface area contributed by atoms with Crippen LogP contribution in [0.25, 0.3) is 0 Å². The number of aliphatic hydroxyl groups excluding tert-OH is 3. The number of hydrogen-bond acceptors (Lipinski definition) is 5. The lowest BCUT2D eigenvalue weighted by molar-refractivity contribution is -0.196. The molecule has 1 aliphatic rings. The summed E-state index contributed by atoms with van der Waals surface area (Å²) in [5, 5.41) is 30.0. The summed E-state index contributed by atoms with van der Waals surface area (Å²) < 4.78 is 5.11. The van der Waals surface area contributed by atoms with Crippen LogP contribution in [0.2, 0.25) is 0 Å². The van der Waals surface area contributed by atoms with Gasteiger partial charge < -0.3 is 25.4 Å². The maximum atomic E-state index is 9.45. The number of nitrogens with one attached hydrogen (secondary N) is 1. The van der Waals surface area contributed by atoms with E-state index in [9.17, 15) is 5.11 Å². The summed E-state index contributed by atoms with van der Waals surface area (Å²) in [6.07, 6.45) is -0.598. The first kappa shape index (κ1) is 14.8. The molecule has 1 aliphatic heterocycles. The predicted octanol–water partition coefficient (Wildman–Crippen LogP) is -0.547. The molecule has 0 aromatic carbocycles. The molecule has 1 unspecified atom stereocenters. The van der Waals surface area contributed by atoms with E-state index in [1.807, 2.05) is 13.8 Å². The second-order valence-corrected chi connectivity index (χ2v) is 3.20. The van der Waals surface area contributed by atoms with Gasteiger partial charge in [0.05, 0.1) is 18.8 Å². The van der Waals surface area contributed by atoms with E-state index in [4.69, 9.17) is 14.9 Å². The monoisotopic (exact) mass is 221 g/mol. The molecule has 0 aromatic heterocycles. The van der Waals surface area contributed by atoms with Gasteiger partial charge in [-0.3, -0.25) is 0 Å². The number of ether oxygens (including phenoxy) is 1. The van der Waals surface area contributed by atoms with Crippen LogP contribution < -0.4 is 5.32 Å². The van der Waals surface area contributed by atoms with Crippen molar-refractivity contribution >= 4 is 0 Å². The Kier molecular flexibility index (Phi) is 8.94. The van der Waals surface area contributed by atoms with Gasteiger partial charge in [0.25, 0.3) is 0 Å². The molecule has 15 heavy (non-hydrogen) atoms. The maximum absolute atomic E-state index is 9.45. The molecule has 0 aromatic rings. The highest BCUT2D eigenvalue weighted by Gasteiger charge is 2.28. The molecule has 92 valence electrons. The molecule has 0 bridgehead atoms. The van der Waals surface area contributed by atoms with Gasteiger partial charge in [-0.2, -0.15) is 0 Å². The quantitative estimate of drug-likeness (QED) is 0.479. The summed E-state index contributed by atoms with van der Waals surface area (Å²) in [5.41, 5.74) is 0. The largest absolute Gasteiger partial charge is 0.395 e. The van der Waals surface area contributed by atoms with Crippen molar-refractivity contribution in [2.24, 2.45) is 0 Å². The Morgan fingerprint density at radius 2 is 1.93 bits per heavy atom. The summed E-state index contributed by atoms with van der Waals surface area (Å²) in [7, 11) is 0. The Labute approximate surface area is 91.1 Å². The van der Waals surface area contributed by atoms with Crippen LogP contribution in [0.4, 0.5) is 0 Å². The molecule has 1 rings (SSSR count).